The number of nitrogens with zero attached hydrogens (tertiary/aromatic N) is 1. The van der Waals surface area contributed by atoms with Gasteiger partial charge in [0, 0.05) is 16.1 Å². The second kappa shape index (κ2) is 6.64. The molecule has 3 nitrogen and oxygen atoms in total. The fourth-order valence-corrected chi connectivity index (χ4v) is 2.18. The Morgan fingerprint density at radius 1 is 1.14 bits per heavy atom. The lowest BCUT2D eigenvalue weighted by Crippen LogP contribution is -2.27. The highest BCUT2D eigenvalue weighted by Gasteiger charge is 2.20. The summed E-state index contributed by atoms with van der Waals surface area (Å²) >= 11 is 6.05. The largest absolute Gasteiger partial charge is 0.370 e. The number of nitrogens with one attached hydrogen (secondary N) is 1. The highest BCUT2D eigenvalue weighted by atomic mass is 35.5. The van der Waals surface area contributed by atoms with Crippen molar-refractivity contribution < 1.29 is 0 Å². The quantitative estimate of drug-likeness (QED) is 0.661. The van der Waals surface area contributed by atoms with Gasteiger partial charge in [-0.2, -0.15) is 0 Å². The van der Waals surface area contributed by atoms with Gasteiger partial charge in [0.2, 0.25) is 0 Å². The second-order valence-electron chi connectivity index (χ2n) is 5.59. The number of hydrogen-bond donors (Lipinski definition) is 2. The Balaban J connectivity index is 2.04. The smallest absolute Gasteiger partial charge is 0.193 e. The van der Waals surface area contributed by atoms with E-state index in [0.717, 1.165) is 16.3 Å². The SMILES string of the molecule is CC(C)(CN=C(N)Nc1ccccc1)c1cccc(Cl)c1. The van der Waals surface area contributed by atoms with Gasteiger partial charge in [-0.25, -0.2) is 0 Å². The molecule has 0 unspecified atom stereocenters. The van der Waals surface area contributed by atoms with E-state index in [1.54, 1.807) is 0 Å². The normalized spacial score (nSPS) is 12.2. The molecule has 0 radical (unpaired) electrons. The maximum atomic E-state index is 6.05. The van der Waals surface area contributed by atoms with E-state index in [1.807, 2.05) is 48.5 Å². The van der Waals surface area contributed by atoms with Crippen LogP contribution in [0.5, 0.6) is 0 Å². The van der Waals surface area contributed by atoms with Gasteiger partial charge in [-0.1, -0.05) is 55.8 Å². The van der Waals surface area contributed by atoms with Crippen molar-refractivity contribution in [1.82, 2.24) is 0 Å². The molecule has 0 heterocycles. The van der Waals surface area contributed by atoms with E-state index < -0.39 is 0 Å². The Kier molecular flexibility index (Phi) is 4.86. The molecule has 0 aliphatic carbocycles. The van der Waals surface area contributed by atoms with Crippen LogP contribution in [0.4, 0.5) is 5.69 Å². The van der Waals surface area contributed by atoms with E-state index in [-0.39, 0.29) is 5.41 Å². The van der Waals surface area contributed by atoms with E-state index >= 15 is 0 Å². The first-order chi connectivity index (χ1) is 9.97. The fourth-order valence-electron chi connectivity index (χ4n) is 1.99. The summed E-state index contributed by atoms with van der Waals surface area (Å²) in [6, 6.07) is 17.6. The molecule has 0 atom stereocenters. The standard InChI is InChI=1S/C17H20ClN3/c1-17(2,13-7-6-8-14(18)11-13)12-20-16(19)21-15-9-4-3-5-10-15/h3-11H,12H2,1-2H3,(H3,19,20,21). The molecule has 0 aromatic heterocycles. The van der Waals surface area contributed by atoms with Crippen LogP contribution in [0, 0.1) is 0 Å². The number of para-hydroxylation sites is 1. The van der Waals surface area contributed by atoms with Gasteiger partial charge >= 0.3 is 0 Å². The van der Waals surface area contributed by atoms with Gasteiger partial charge in [-0.3, -0.25) is 4.99 Å². The average molecular weight is 302 g/mol. The van der Waals surface area contributed by atoms with Crippen molar-refractivity contribution in [3.63, 3.8) is 0 Å². The summed E-state index contributed by atoms with van der Waals surface area (Å²) in [7, 11) is 0. The summed E-state index contributed by atoms with van der Waals surface area (Å²) in [5.74, 6) is 0.413. The van der Waals surface area contributed by atoms with Crippen LogP contribution in [-0.2, 0) is 5.41 Å². The first-order valence-electron chi connectivity index (χ1n) is 6.85. The Morgan fingerprint density at radius 2 is 1.86 bits per heavy atom. The first-order valence-corrected chi connectivity index (χ1v) is 7.23. The molecular formula is C17H20ClN3. The van der Waals surface area contributed by atoms with Crippen LogP contribution in [0.2, 0.25) is 5.02 Å². The minimum atomic E-state index is -0.131. The zero-order valence-corrected chi connectivity index (χ0v) is 13.1. The molecule has 4 heteroatoms. The summed E-state index contributed by atoms with van der Waals surface area (Å²) in [4.78, 5) is 4.44. The molecule has 0 spiro atoms. The summed E-state index contributed by atoms with van der Waals surface area (Å²) in [5.41, 5.74) is 7.88. The van der Waals surface area contributed by atoms with Gasteiger partial charge in [0.25, 0.3) is 0 Å². The van der Waals surface area contributed by atoms with Crippen molar-refractivity contribution in [2.75, 3.05) is 11.9 Å². The molecule has 2 aromatic carbocycles. The molecule has 0 aliphatic rings. The van der Waals surface area contributed by atoms with Crippen LogP contribution in [0.25, 0.3) is 0 Å². The van der Waals surface area contributed by atoms with Gasteiger partial charge < -0.3 is 11.1 Å². The molecule has 3 N–H and O–H groups in total. The van der Waals surface area contributed by atoms with Crippen molar-refractivity contribution in [2.24, 2.45) is 10.7 Å². The number of hydrogen-bond acceptors (Lipinski definition) is 1. The van der Waals surface area contributed by atoms with Crippen LogP contribution in [0.15, 0.2) is 59.6 Å². The Bertz CT molecular complexity index is 621. The van der Waals surface area contributed by atoms with Gasteiger partial charge in [0.15, 0.2) is 5.96 Å². The second-order valence-corrected chi connectivity index (χ2v) is 6.02. The minimum Gasteiger partial charge on any atom is -0.370 e. The van der Waals surface area contributed by atoms with Gasteiger partial charge in [0.1, 0.15) is 0 Å². The van der Waals surface area contributed by atoms with Crippen LogP contribution in [0.1, 0.15) is 19.4 Å². The molecule has 0 aliphatic heterocycles. The number of guanidine groups is 1. The van der Waals surface area contributed by atoms with E-state index in [4.69, 9.17) is 17.3 Å². The molecular weight excluding hydrogens is 282 g/mol. The molecule has 0 saturated heterocycles. The van der Waals surface area contributed by atoms with Crippen molar-refractivity contribution in [3.8, 4) is 0 Å². The fraction of sp³-hybridized carbons (Fsp3) is 0.235. The third-order valence-electron chi connectivity index (χ3n) is 3.30. The lowest BCUT2D eigenvalue weighted by atomic mass is 9.85. The molecule has 21 heavy (non-hydrogen) atoms. The zero-order valence-electron chi connectivity index (χ0n) is 12.3. The highest BCUT2D eigenvalue weighted by molar-refractivity contribution is 6.30. The number of nitrogens with two attached hydrogens (primary N) is 1. The van der Waals surface area contributed by atoms with Crippen LogP contribution in [-0.4, -0.2) is 12.5 Å². The van der Waals surface area contributed by atoms with Crippen LogP contribution < -0.4 is 11.1 Å². The number of rotatable bonds is 4. The molecule has 0 fully saturated rings. The number of aliphatic imine (C=N–C) groups is 1. The van der Waals surface area contributed by atoms with Crippen molar-refractivity contribution in [1.29, 1.82) is 0 Å². The molecule has 110 valence electrons. The van der Waals surface area contributed by atoms with E-state index in [9.17, 15) is 0 Å². The number of halogens is 1. The third kappa shape index (κ3) is 4.50. The molecule has 0 saturated carbocycles. The summed E-state index contributed by atoms with van der Waals surface area (Å²) in [6.07, 6.45) is 0. The Labute approximate surface area is 130 Å². The lowest BCUT2D eigenvalue weighted by molar-refractivity contribution is 0.540. The monoisotopic (exact) mass is 301 g/mol. The van der Waals surface area contributed by atoms with Gasteiger partial charge in [0.05, 0.1) is 6.54 Å². The molecule has 2 aromatic rings. The average Bonchev–Trinajstić information content (AvgIpc) is 2.46. The van der Waals surface area contributed by atoms with Gasteiger partial charge in [-0.05, 0) is 29.8 Å². The summed E-state index contributed by atoms with van der Waals surface area (Å²) < 4.78 is 0. The summed E-state index contributed by atoms with van der Waals surface area (Å²) in [5, 5.41) is 3.82. The Morgan fingerprint density at radius 3 is 2.52 bits per heavy atom. The van der Waals surface area contributed by atoms with Crippen LogP contribution >= 0.6 is 11.6 Å². The number of benzene rings is 2. The van der Waals surface area contributed by atoms with Crippen LogP contribution in [0.3, 0.4) is 0 Å². The van der Waals surface area contributed by atoms with Gasteiger partial charge in [-0.15, -0.1) is 0 Å². The highest BCUT2D eigenvalue weighted by Crippen LogP contribution is 2.25. The van der Waals surface area contributed by atoms with Crippen molar-refractivity contribution in [2.45, 2.75) is 19.3 Å². The first kappa shape index (κ1) is 15.4. The minimum absolute atomic E-state index is 0.131. The van der Waals surface area contributed by atoms with E-state index in [2.05, 4.69) is 30.2 Å². The zero-order chi connectivity index (χ0) is 15.3. The Hall–Kier alpha value is -2.00. The predicted octanol–water partition coefficient (Wildman–Crippen LogP) is 4.04. The lowest BCUT2D eigenvalue weighted by Gasteiger charge is -2.23. The summed E-state index contributed by atoms with van der Waals surface area (Å²) in [6.45, 7) is 4.83. The maximum absolute atomic E-state index is 6.05. The molecule has 0 bridgehead atoms. The van der Waals surface area contributed by atoms with Crippen molar-refractivity contribution in [3.05, 3.63) is 65.2 Å². The predicted molar refractivity (Wildman–Crippen MR) is 91.0 cm³/mol. The topological polar surface area (TPSA) is 50.4 Å². The maximum Gasteiger partial charge on any atom is 0.193 e. The molecule has 0 amide bonds. The van der Waals surface area contributed by atoms with E-state index in [1.165, 1.54) is 0 Å². The molecule has 2 rings (SSSR count). The number of anilines is 1. The van der Waals surface area contributed by atoms with Crippen molar-refractivity contribution >= 4 is 23.2 Å². The van der Waals surface area contributed by atoms with E-state index in [0.29, 0.717) is 12.5 Å². The third-order valence-corrected chi connectivity index (χ3v) is 3.53.